The predicted octanol–water partition coefficient (Wildman–Crippen LogP) is 2.71. The van der Waals surface area contributed by atoms with E-state index in [9.17, 15) is 17.2 Å². The highest BCUT2D eigenvalue weighted by atomic mass is 32.2. The van der Waals surface area contributed by atoms with Crippen molar-refractivity contribution in [3.63, 3.8) is 0 Å². The van der Waals surface area contributed by atoms with Gasteiger partial charge in [0.15, 0.2) is 9.84 Å². The summed E-state index contributed by atoms with van der Waals surface area (Å²) < 4.78 is 52.1. The molecule has 2 rings (SSSR count). The highest BCUT2D eigenvalue weighted by Crippen LogP contribution is 2.23. The van der Waals surface area contributed by atoms with Crippen LogP contribution in [0.15, 0.2) is 41.3 Å². The van der Waals surface area contributed by atoms with Crippen molar-refractivity contribution in [1.82, 2.24) is 0 Å². The van der Waals surface area contributed by atoms with Crippen molar-refractivity contribution in [2.75, 3.05) is 0 Å². The molecule has 0 bridgehead atoms. The smallest absolute Gasteiger partial charge is 0.182 e. The van der Waals surface area contributed by atoms with Gasteiger partial charge in [-0.05, 0) is 31.2 Å². The maximum absolute atomic E-state index is 13.8. The Kier molecular flexibility index (Phi) is 4.39. The third-order valence-corrected chi connectivity index (χ3v) is 4.89. The van der Waals surface area contributed by atoms with Crippen molar-refractivity contribution < 1.29 is 17.2 Å². The molecule has 0 aliphatic carbocycles. The van der Waals surface area contributed by atoms with E-state index in [0.717, 1.165) is 17.7 Å². The average molecular weight is 311 g/mol. The van der Waals surface area contributed by atoms with Crippen LogP contribution in [-0.4, -0.2) is 8.42 Å². The average Bonchev–Trinajstić information content (AvgIpc) is 2.43. The number of rotatable bonds is 4. The Balaban J connectivity index is 2.46. The first kappa shape index (κ1) is 15.6. The molecule has 0 aliphatic heterocycles. The largest absolute Gasteiger partial charge is 0.326 e. The summed E-state index contributed by atoms with van der Waals surface area (Å²) in [6.45, 7) is 1.57. The van der Waals surface area contributed by atoms with Gasteiger partial charge in [-0.1, -0.05) is 17.7 Å². The van der Waals surface area contributed by atoms with Gasteiger partial charge in [0.05, 0.1) is 10.6 Å². The van der Waals surface area contributed by atoms with E-state index >= 15 is 0 Å². The number of aryl methyl sites for hydroxylation is 1. The van der Waals surface area contributed by atoms with Crippen LogP contribution in [0.1, 0.15) is 16.7 Å². The van der Waals surface area contributed by atoms with Gasteiger partial charge in [-0.3, -0.25) is 0 Å². The van der Waals surface area contributed by atoms with Crippen molar-refractivity contribution in [2.24, 2.45) is 5.73 Å². The second-order valence-electron chi connectivity index (χ2n) is 4.76. The number of halogens is 2. The Morgan fingerprint density at radius 2 is 1.48 bits per heavy atom. The molecular weight excluding hydrogens is 296 g/mol. The molecule has 0 spiro atoms. The number of nitrogens with two attached hydrogens (primary N) is 1. The molecule has 2 aromatic carbocycles. The van der Waals surface area contributed by atoms with Gasteiger partial charge < -0.3 is 5.73 Å². The lowest BCUT2D eigenvalue weighted by atomic mass is 10.1. The van der Waals surface area contributed by atoms with E-state index in [1.54, 1.807) is 12.1 Å². The van der Waals surface area contributed by atoms with Crippen LogP contribution in [-0.2, 0) is 22.1 Å². The molecule has 2 N–H and O–H groups in total. The molecule has 0 amide bonds. The zero-order valence-electron chi connectivity index (χ0n) is 11.4. The Morgan fingerprint density at radius 1 is 0.952 bits per heavy atom. The molecule has 0 atom stereocenters. The predicted molar refractivity (Wildman–Crippen MR) is 76.3 cm³/mol. The van der Waals surface area contributed by atoms with Crippen LogP contribution in [0.25, 0.3) is 0 Å². The molecule has 0 heterocycles. The van der Waals surface area contributed by atoms with Gasteiger partial charge in [0, 0.05) is 17.7 Å². The van der Waals surface area contributed by atoms with Gasteiger partial charge in [0.25, 0.3) is 0 Å². The SMILES string of the molecule is Cc1ccc(S(=O)(=O)Cc2c(F)ccc(F)c2CN)cc1. The minimum Gasteiger partial charge on any atom is -0.326 e. The molecular formula is C15H15F2NO2S. The summed E-state index contributed by atoms with van der Waals surface area (Å²) in [5.74, 6) is -2.09. The molecule has 3 nitrogen and oxygen atoms in total. The fourth-order valence-electron chi connectivity index (χ4n) is 2.03. The standard InChI is InChI=1S/C15H15F2NO2S/c1-10-2-4-11(5-3-10)21(19,20)9-13-12(8-18)14(16)6-7-15(13)17/h2-7H,8-9,18H2,1H3. The summed E-state index contributed by atoms with van der Waals surface area (Å²) in [6, 6.07) is 8.05. The topological polar surface area (TPSA) is 60.2 Å². The molecule has 112 valence electrons. The molecule has 6 heteroatoms. The summed E-state index contributed by atoms with van der Waals surface area (Å²) in [5.41, 5.74) is 5.99. The van der Waals surface area contributed by atoms with E-state index in [4.69, 9.17) is 5.73 Å². The van der Waals surface area contributed by atoms with Gasteiger partial charge in [-0.25, -0.2) is 17.2 Å². The summed E-state index contributed by atoms with van der Waals surface area (Å²) in [6.07, 6.45) is 0. The Labute approximate surface area is 122 Å². The van der Waals surface area contributed by atoms with Crippen LogP contribution in [0.2, 0.25) is 0 Å². The molecule has 0 fully saturated rings. The fraction of sp³-hybridized carbons (Fsp3) is 0.200. The molecule has 0 aromatic heterocycles. The monoisotopic (exact) mass is 311 g/mol. The summed E-state index contributed by atoms with van der Waals surface area (Å²) in [7, 11) is -3.76. The minimum atomic E-state index is -3.76. The molecule has 21 heavy (non-hydrogen) atoms. The van der Waals surface area contributed by atoms with Crippen LogP contribution in [0.5, 0.6) is 0 Å². The first-order valence-electron chi connectivity index (χ1n) is 6.30. The van der Waals surface area contributed by atoms with Gasteiger partial charge in [0.1, 0.15) is 11.6 Å². The quantitative estimate of drug-likeness (QED) is 0.944. The Hall–Kier alpha value is -1.79. The lowest BCUT2D eigenvalue weighted by molar-refractivity contribution is 0.568. The fourth-order valence-corrected chi connectivity index (χ4v) is 3.44. The maximum Gasteiger partial charge on any atom is 0.182 e. The summed E-state index contributed by atoms with van der Waals surface area (Å²) in [5, 5.41) is 0. The first-order chi connectivity index (χ1) is 9.85. The van der Waals surface area contributed by atoms with E-state index in [1.165, 1.54) is 12.1 Å². The van der Waals surface area contributed by atoms with Crippen LogP contribution in [0.4, 0.5) is 8.78 Å². The summed E-state index contributed by atoms with van der Waals surface area (Å²) >= 11 is 0. The van der Waals surface area contributed by atoms with Gasteiger partial charge in [0.2, 0.25) is 0 Å². The number of benzene rings is 2. The van der Waals surface area contributed by atoms with Crippen LogP contribution in [0, 0.1) is 18.6 Å². The highest BCUT2D eigenvalue weighted by Gasteiger charge is 2.21. The van der Waals surface area contributed by atoms with Crippen molar-refractivity contribution in [3.8, 4) is 0 Å². The number of sulfone groups is 1. The van der Waals surface area contributed by atoms with Crippen molar-refractivity contribution in [3.05, 3.63) is 64.7 Å². The van der Waals surface area contributed by atoms with Gasteiger partial charge in [-0.2, -0.15) is 0 Å². The molecule has 0 saturated carbocycles. The third kappa shape index (κ3) is 3.28. The zero-order chi connectivity index (χ0) is 15.6. The lowest BCUT2D eigenvalue weighted by Crippen LogP contribution is -2.12. The number of hydrogen-bond acceptors (Lipinski definition) is 3. The third-order valence-electron chi connectivity index (χ3n) is 3.24. The van der Waals surface area contributed by atoms with E-state index in [1.807, 2.05) is 6.92 Å². The van der Waals surface area contributed by atoms with Crippen molar-refractivity contribution in [2.45, 2.75) is 24.1 Å². The normalized spacial score (nSPS) is 11.6. The van der Waals surface area contributed by atoms with Gasteiger partial charge in [-0.15, -0.1) is 0 Å². The van der Waals surface area contributed by atoms with Crippen molar-refractivity contribution in [1.29, 1.82) is 0 Å². The first-order valence-corrected chi connectivity index (χ1v) is 7.95. The lowest BCUT2D eigenvalue weighted by Gasteiger charge is -2.11. The van der Waals surface area contributed by atoms with E-state index in [-0.39, 0.29) is 22.6 Å². The second kappa shape index (κ2) is 5.91. The molecule has 0 radical (unpaired) electrons. The Bertz CT molecular complexity index is 756. The number of hydrogen-bond donors (Lipinski definition) is 1. The molecule has 2 aromatic rings. The van der Waals surface area contributed by atoms with Crippen molar-refractivity contribution >= 4 is 9.84 Å². The van der Waals surface area contributed by atoms with Crippen LogP contribution >= 0.6 is 0 Å². The minimum absolute atomic E-state index is 0.0692. The van der Waals surface area contributed by atoms with Crippen LogP contribution in [0.3, 0.4) is 0 Å². The Morgan fingerprint density at radius 3 is 2.00 bits per heavy atom. The maximum atomic E-state index is 13.8. The molecule has 0 unspecified atom stereocenters. The van der Waals surface area contributed by atoms with E-state index in [0.29, 0.717) is 0 Å². The zero-order valence-corrected chi connectivity index (χ0v) is 12.3. The molecule has 0 aliphatic rings. The van der Waals surface area contributed by atoms with E-state index < -0.39 is 27.2 Å². The van der Waals surface area contributed by atoms with E-state index in [2.05, 4.69) is 0 Å². The molecule has 0 saturated heterocycles. The second-order valence-corrected chi connectivity index (χ2v) is 6.75. The van der Waals surface area contributed by atoms with Gasteiger partial charge >= 0.3 is 0 Å². The van der Waals surface area contributed by atoms with Crippen LogP contribution < -0.4 is 5.73 Å². The summed E-state index contributed by atoms with van der Waals surface area (Å²) in [4.78, 5) is 0.0692. The highest BCUT2D eigenvalue weighted by molar-refractivity contribution is 7.90.